The summed E-state index contributed by atoms with van der Waals surface area (Å²) in [4.78, 5) is 31.8. The average Bonchev–Trinajstić information content (AvgIpc) is 2.14. The van der Waals surface area contributed by atoms with Gasteiger partial charge in [-0.15, -0.1) is 0 Å². The third-order valence-electron chi connectivity index (χ3n) is 1.39. The van der Waals surface area contributed by atoms with Gasteiger partial charge in [0.05, 0.1) is 7.11 Å². The molecule has 0 aromatic heterocycles. The van der Waals surface area contributed by atoms with Crippen molar-refractivity contribution in [2.24, 2.45) is 0 Å². The number of halogens is 3. The lowest BCUT2D eigenvalue weighted by Gasteiger charge is -2.12. The molecule has 0 radical (unpaired) electrons. The molecule has 0 spiro atoms. The number of carbonyl (C=O) groups excluding carboxylic acids is 3. The number of rotatable bonds is 2. The van der Waals surface area contributed by atoms with E-state index in [0.717, 1.165) is 12.4 Å². The van der Waals surface area contributed by atoms with Crippen LogP contribution in [0.4, 0.5) is 18.0 Å². The molecule has 0 aromatic carbocycles. The normalized spacial score (nSPS) is 12.6. The molecule has 0 heterocycles. The van der Waals surface area contributed by atoms with Crippen LogP contribution in [0.2, 0.25) is 0 Å². The highest BCUT2D eigenvalue weighted by Crippen LogP contribution is 2.13. The maximum atomic E-state index is 11.7. The maximum absolute atomic E-state index is 11.7. The zero-order valence-electron chi connectivity index (χ0n) is 8.34. The van der Waals surface area contributed by atoms with Crippen molar-refractivity contribution in [3.8, 4) is 0 Å². The van der Waals surface area contributed by atoms with E-state index >= 15 is 0 Å². The lowest BCUT2D eigenvalue weighted by Crippen LogP contribution is -2.50. The summed E-state index contributed by atoms with van der Waals surface area (Å²) in [6, 6.07) is -2.59. The predicted octanol–water partition coefficient (Wildman–Crippen LogP) is -0.0640. The van der Waals surface area contributed by atoms with E-state index in [9.17, 15) is 27.6 Å². The molecule has 0 aliphatic heterocycles. The molecule has 9 heteroatoms. The van der Waals surface area contributed by atoms with Crippen LogP contribution < -0.4 is 10.6 Å². The van der Waals surface area contributed by atoms with Gasteiger partial charge in [-0.3, -0.25) is 10.1 Å². The van der Waals surface area contributed by atoms with Gasteiger partial charge in [0, 0.05) is 0 Å². The van der Waals surface area contributed by atoms with Crippen molar-refractivity contribution in [2.45, 2.75) is 19.1 Å². The molecule has 1 atom stereocenters. The smallest absolute Gasteiger partial charge is 0.467 e. The van der Waals surface area contributed by atoms with E-state index < -0.39 is 30.1 Å². The molecule has 0 aliphatic carbocycles. The number of hydrogen-bond acceptors (Lipinski definition) is 4. The summed E-state index contributed by atoms with van der Waals surface area (Å²) in [5.74, 6) is -3.27. The minimum atomic E-state index is -5.16. The van der Waals surface area contributed by atoms with Gasteiger partial charge in [0.25, 0.3) is 0 Å². The quantitative estimate of drug-likeness (QED) is 0.664. The standard InChI is InChI=1S/C7H9F3N2O4/c1-3(4(13)16-2)11-6(15)12-5(14)7(8,9)10/h3H,1-2H3,(H2,11,12,14,15). The second-order valence-corrected chi connectivity index (χ2v) is 2.67. The topological polar surface area (TPSA) is 84.5 Å². The molecule has 0 aliphatic rings. The van der Waals surface area contributed by atoms with Crippen molar-refractivity contribution >= 4 is 17.9 Å². The monoisotopic (exact) mass is 242 g/mol. The number of alkyl halides is 3. The van der Waals surface area contributed by atoms with Crippen molar-refractivity contribution in [2.75, 3.05) is 7.11 Å². The van der Waals surface area contributed by atoms with Crippen LogP contribution in [0.15, 0.2) is 0 Å². The van der Waals surface area contributed by atoms with E-state index in [4.69, 9.17) is 0 Å². The average molecular weight is 242 g/mol. The third kappa shape index (κ3) is 4.62. The van der Waals surface area contributed by atoms with Crippen LogP contribution in [-0.2, 0) is 14.3 Å². The second-order valence-electron chi connectivity index (χ2n) is 2.67. The van der Waals surface area contributed by atoms with Gasteiger partial charge in [-0.25, -0.2) is 9.59 Å². The molecule has 0 fully saturated rings. The lowest BCUT2D eigenvalue weighted by molar-refractivity contribution is -0.172. The fourth-order valence-corrected chi connectivity index (χ4v) is 0.642. The summed E-state index contributed by atoms with van der Waals surface area (Å²) in [7, 11) is 1.04. The number of ether oxygens (including phenoxy) is 1. The number of carbonyl (C=O) groups is 3. The van der Waals surface area contributed by atoms with Crippen LogP contribution in [0.25, 0.3) is 0 Å². The first-order valence-corrected chi connectivity index (χ1v) is 3.95. The van der Waals surface area contributed by atoms with E-state index in [-0.39, 0.29) is 0 Å². The molecular formula is C7H9F3N2O4. The van der Waals surface area contributed by atoms with E-state index in [2.05, 4.69) is 4.74 Å². The van der Waals surface area contributed by atoms with Crippen LogP contribution in [0.5, 0.6) is 0 Å². The van der Waals surface area contributed by atoms with Crippen molar-refractivity contribution < 1.29 is 32.3 Å². The summed E-state index contributed by atoms with van der Waals surface area (Å²) in [5, 5.41) is 2.80. The third-order valence-corrected chi connectivity index (χ3v) is 1.39. The Balaban J connectivity index is 4.20. The van der Waals surface area contributed by atoms with Crippen LogP contribution in [-0.4, -0.2) is 37.2 Å². The zero-order chi connectivity index (χ0) is 12.9. The Morgan fingerprint density at radius 3 is 2.12 bits per heavy atom. The van der Waals surface area contributed by atoms with Crippen molar-refractivity contribution in [1.29, 1.82) is 0 Å². The number of methoxy groups -OCH3 is 1. The van der Waals surface area contributed by atoms with E-state index in [0.29, 0.717) is 0 Å². The first-order chi connectivity index (χ1) is 7.18. The SMILES string of the molecule is COC(=O)C(C)NC(=O)NC(=O)C(F)(F)F. The summed E-state index contributed by atoms with van der Waals surface area (Å²) >= 11 is 0. The minimum Gasteiger partial charge on any atom is -0.467 e. The summed E-state index contributed by atoms with van der Waals surface area (Å²) in [6.07, 6.45) is -5.16. The Kier molecular flexibility index (Phi) is 4.73. The summed E-state index contributed by atoms with van der Waals surface area (Å²) in [6.45, 7) is 1.18. The molecule has 1 unspecified atom stereocenters. The minimum absolute atomic E-state index is 0.852. The van der Waals surface area contributed by atoms with E-state index in [1.807, 2.05) is 0 Å². The maximum Gasteiger partial charge on any atom is 0.471 e. The summed E-state index contributed by atoms with van der Waals surface area (Å²) in [5.41, 5.74) is 0. The Morgan fingerprint density at radius 2 is 1.75 bits per heavy atom. The lowest BCUT2D eigenvalue weighted by atomic mass is 10.3. The van der Waals surface area contributed by atoms with Gasteiger partial charge in [-0.05, 0) is 6.92 Å². The number of hydrogen-bond donors (Lipinski definition) is 2. The van der Waals surface area contributed by atoms with Crippen molar-refractivity contribution in [1.82, 2.24) is 10.6 Å². The van der Waals surface area contributed by atoms with E-state index in [1.165, 1.54) is 6.92 Å². The number of urea groups is 1. The number of nitrogens with one attached hydrogen (secondary N) is 2. The highest BCUT2D eigenvalue weighted by atomic mass is 19.4. The van der Waals surface area contributed by atoms with Gasteiger partial charge in [0.1, 0.15) is 6.04 Å². The van der Waals surface area contributed by atoms with Gasteiger partial charge < -0.3 is 10.1 Å². The molecule has 0 bridgehead atoms. The van der Waals surface area contributed by atoms with Gasteiger partial charge in [-0.1, -0.05) is 0 Å². The molecule has 0 saturated heterocycles. The highest BCUT2D eigenvalue weighted by molar-refractivity contribution is 5.98. The first kappa shape index (κ1) is 14.2. The predicted molar refractivity (Wildman–Crippen MR) is 44.2 cm³/mol. The van der Waals surface area contributed by atoms with Gasteiger partial charge in [0.2, 0.25) is 0 Å². The van der Waals surface area contributed by atoms with E-state index in [1.54, 1.807) is 5.32 Å². The molecule has 0 aromatic rings. The Labute approximate surface area is 88.1 Å². The van der Waals surface area contributed by atoms with Crippen molar-refractivity contribution in [3.63, 3.8) is 0 Å². The number of imide groups is 1. The first-order valence-electron chi connectivity index (χ1n) is 3.95. The fourth-order valence-electron chi connectivity index (χ4n) is 0.642. The van der Waals surface area contributed by atoms with Gasteiger partial charge in [0.15, 0.2) is 0 Å². The molecule has 2 N–H and O–H groups in total. The Bertz CT molecular complexity index is 302. The molecule has 6 nitrogen and oxygen atoms in total. The highest BCUT2D eigenvalue weighted by Gasteiger charge is 2.40. The molecule has 3 amide bonds. The molecule has 92 valence electrons. The molecule has 0 saturated carbocycles. The van der Waals surface area contributed by atoms with Gasteiger partial charge in [-0.2, -0.15) is 13.2 Å². The fraction of sp³-hybridized carbons (Fsp3) is 0.571. The van der Waals surface area contributed by atoms with Crippen LogP contribution >= 0.6 is 0 Å². The van der Waals surface area contributed by atoms with Crippen LogP contribution in [0.3, 0.4) is 0 Å². The molecular weight excluding hydrogens is 233 g/mol. The number of amides is 3. The zero-order valence-corrected chi connectivity index (χ0v) is 8.34. The van der Waals surface area contributed by atoms with Crippen LogP contribution in [0.1, 0.15) is 6.92 Å². The van der Waals surface area contributed by atoms with Gasteiger partial charge >= 0.3 is 24.1 Å². The Morgan fingerprint density at radius 1 is 1.25 bits per heavy atom. The second kappa shape index (κ2) is 5.33. The molecule has 0 rings (SSSR count). The van der Waals surface area contributed by atoms with Crippen molar-refractivity contribution in [3.05, 3.63) is 0 Å². The van der Waals surface area contributed by atoms with Crippen LogP contribution in [0, 0.1) is 0 Å². The number of esters is 1. The summed E-state index contributed by atoms with van der Waals surface area (Å²) < 4.78 is 39.3. The largest absolute Gasteiger partial charge is 0.471 e. The molecule has 16 heavy (non-hydrogen) atoms. The Hall–Kier alpha value is -1.80.